The maximum absolute atomic E-state index is 13.2. The molecule has 0 atom stereocenters. The van der Waals surface area contributed by atoms with Gasteiger partial charge >= 0.3 is 0 Å². The van der Waals surface area contributed by atoms with Gasteiger partial charge in [-0.2, -0.15) is 0 Å². The van der Waals surface area contributed by atoms with Crippen LogP contribution in [0.4, 0.5) is 10.2 Å². The summed E-state index contributed by atoms with van der Waals surface area (Å²) in [5, 5.41) is 2.73. The normalized spacial score (nSPS) is 10.1. The van der Waals surface area contributed by atoms with E-state index in [0.29, 0.717) is 0 Å². The fraction of sp³-hybridized carbons (Fsp3) is 0.0833. The van der Waals surface area contributed by atoms with Gasteiger partial charge in [0.2, 0.25) is 0 Å². The van der Waals surface area contributed by atoms with Crippen molar-refractivity contribution in [3.63, 3.8) is 0 Å². The number of carbonyl (C=O) groups is 1. The number of methoxy groups -OCH3 is 1. The van der Waals surface area contributed by atoms with Gasteiger partial charge in [0.15, 0.2) is 17.4 Å². The number of aromatic nitrogens is 2. The number of benzene rings is 1. The first-order valence-corrected chi connectivity index (χ1v) is 5.60. The lowest BCUT2D eigenvalue weighted by atomic mass is 10.2. The van der Waals surface area contributed by atoms with Gasteiger partial charge in [-0.15, -0.1) is 0 Å². The van der Waals surface area contributed by atoms with Gasteiger partial charge in [0, 0.05) is 5.56 Å². The Hall–Kier alpha value is -2.21. The number of carbonyl (C=O) groups excluding carboxylic acids is 1. The summed E-state index contributed by atoms with van der Waals surface area (Å²) in [6, 6.07) is 3.80. The third kappa shape index (κ3) is 3.17. The highest BCUT2D eigenvalue weighted by molar-refractivity contribution is 6.29. The van der Waals surface area contributed by atoms with E-state index in [-0.39, 0.29) is 22.3 Å². The van der Waals surface area contributed by atoms with Crippen LogP contribution in [0, 0.1) is 5.82 Å². The lowest BCUT2D eigenvalue weighted by molar-refractivity contribution is 0.102. The Morgan fingerprint density at radius 2 is 2.16 bits per heavy atom. The van der Waals surface area contributed by atoms with E-state index in [1.165, 1.54) is 31.6 Å². The maximum atomic E-state index is 13.2. The van der Waals surface area contributed by atoms with Gasteiger partial charge in [-0.1, -0.05) is 11.6 Å². The third-order valence-electron chi connectivity index (χ3n) is 2.28. The number of ether oxygens (including phenoxy) is 1. The van der Waals surface area contributed by atoms with Crippen LogP contribution in [0.15, 0.2) is 30.6 Å². The molecule has 1 heterocycles. The predicted molar refractivity (Wildman–Crippen MR) is 67.9 cm³/mol. The molecule has 0 aliphatic carbocycles. The van der Waals surface area contributed by atoms with Crippen LogP contribution in [0.25, 0.3) is 0 Å². The summed E-state index contributed by atoms with van der Waals surface area (Å²) in [5.41, 5.74) is 0.245. The van der Waals surface area contributed by atoms with Crippen molar-refractivity contribution < 1.29 is 13.9 Å². The van der Waals surface area contributed by atoms with Gasteiger partial charge < -0.3 is 10.1 Å². The fourth-order valence-corrected chi connectivity index (χ4v) is 1.46. The molecule has 0 bridgehead atoms. The molecular weight excluding hydrogens is 273 g/mol. The zero-order valence-electron chi connectivity index (χ0n) is 9.85. The zero-order valence-corrected chi connectivity index (χ0v) is 10.6. The summed E-state index contributed by atoms with van der Waals surface area (Å²) in [6.45, 7) is 0. The molecule has 19 heavy (non-hydrogen) atoms. The Labute approximate surface area is 113 Å². The molecular formula is C12H9ClFN3O2. The average molecular weight is 282 g/mol. The van der Waals surface area contributed by atoms with E-state index in [1.807, 2.05) is 0 Å². The Bertz CT molecular complexity index is 604. The summed E-state index contributed by atoms with van der Waals surface area (Å²) >= 11 is 5.58. The van der Waals surface area contributed by atoms with Crippen molar-refractivity contribution in [3.05, 3.63) is 47.1 Å². The molecule has 2 aromatic rings. The van der Waals surface area contributed by atoms with E-state index < -0.39 is 11.7 Å². The van der Waals surface area contributed by atoms with Gasteiger partial charge in [0.05, 0.1) is 19.5 Å². The van der Waals surface area contributed by atoms with Crippen LogP contribution in [0.3, 0.4) is 0 Å². The highest BCUT2D eigenvalue weighted by atomic mass is 35.5. The molecule has 0 radical (unpaired) electrons. The van der Waals surface area contributed by atoms with E-state index in [2.05, 4.69) is 15.3 Å². The molecule has 0 saturated heterocycles. The Morgan fingerprint density at radius 3 is 2.79 bits per heavy atom. The quantitative estimate of drug-likeness (QED) is 0.939. The number of amides is 1. The Morgan fingerprint density at radius 1 is 1.37 bits per heavy atom. The van der Waals surface area contributed by atoms with Crippen molar-refractivity contribution in [2.45, 2.75) is 0 Å². The molecule has 0 unspecified atom stereocenters. The minimum Gasteiger partial charge on any atom is -0.494 e. The van der Waals surface area contributed by atoms with Crippen LogP contribution in [0.5, 0.6) is 5.75 Å². The minimum atomic E-state index is -0.537. The maximum Gasteiger partial charge on any atom is 0.256 e. The topological polar surface area (TPSA) is 64.1 Å². The molecule has 5 nitrogen and oxygen atoms in total. The van der Waals surface area contributed by atoms with Crippen molar-refractivity contribution >= 4 is 23.3 Å². The van der Waals surface area contributed by atoms with Crippen LogP contribution >= 0.6 is 11.6 Å². The number of hydrogen-bond donors (Lipinski definition) is 1. The van der Waals surface area contributed by atoms with E-state index >= 15 is 0 Å². The largest absolute Gasteiger partial charge is 0.494 e. The van der Waals surface area contributed by atoms with Crippen LogP contribution in [-0.4, -0.2) is 23.0 Å². The van der Waals surface area contributed by atoms with Crippen molar-refractivity contribution in [2.75, 3.05) is 12.4 Å². The smallest absolute Gasteiger partial charge is 0.256 e. The Balaban J connectivity index is 2.18. The SMILES string of the molecule is COc1cc(C(=O)Nc2cnc(Cl)cn2)ccc1F. The number of rotatable bonds is 3. The van der Waals surface area contributed by atoms with Crippen LogP contribution < -0.4 is 10.1 Å². The molecule has 0 aliphatic heterocycles. The second kappa shape index (κ2) is 5.62. The molecule has 1 amide bonds. The molecule has 0 aliphatic rings. The summed E-state index contributed by atoms with van der Waals surface area (Å²) in [5.74, 6) is -0.743. The average Bonchev–Trinajstić information content (AvgIpc) is 2.42. The molecule has 98 valence electrons. The van der Waals surface area contributed by atoms with Gasteiger partial charge in [0.1, 0.15) is 5.15 Å². The van der Waals surface area contributed by atoms with E-state index in [9.17, 15) is 9.18 Å². The lowest BCUT2D eigenvalue weighted by Crippen LogP contribution is -2.13. The van der Waals surface area contributed by atoms with Gasteiger partial charge in [0.25, 0.3) is 5.91 Å². The zero-order chi connectivity index (χ0) is 13.8. The molecule has 0 spiro atoms. The molecule has 2 rings (SSSR count). The highest BCUT2D eigenvalue weighted by Crippen LogP contribution is 2.18. The minimum absolute atomic E-state index is 0.00478. The molecule has 0 fully saturated rings. The van der Waals surface area contributed by atoms with Crippen molar-refractivity contribution in [1.82, 2.24) is 9.97 Å². The van der Waals surface area contributed by atoms with E-state index in [4.69, 9.17) is 16.3 Å². The first-order chi connectivity index (χ1) is 9.10. The fourth-order valence-electron chi connectivity index (χ4n) is 1.37. The molecule has 0 saturated carbocycles. The van der Waals surface area contributed by atoms with E-state index in [0.717, 1.165) is 6.07 Å². The Kier molecular flexibility index (Phi) is 3.91. The van der Waals surface area contributed by atoms with Crippen molar-refractivity contribution in [2.24, 2.45) is 0 Å². The second-order valence-electron chi connectivity index (χ2n) is 3.53. The van der Waals surface area contributed by atoms with Gasteiger partial charge in [-0.25, -0.2) is 14.4 Å². The molecule has 1 aromatic heterocycles. The predicted octanol–water partition coefficient (Wildman–Crippen LogP) is 2.53. The summed E-state index contributed by atoms with van der Waals surface area (Å²) < 4.78 is 18.0. The second-order valence-corrected chi connectivity index (χ2v) is 3.92. The summed E-state index contributed by atoms with van der Waals surface area (Å²) in [4.78, 5) is 19.5. The summed E-state index contributed by atoms with van der Waals surface area (Å²) in [7, 11) is 1.32. The number of nitrogens with zero attached hydrogens (tertiary/aromatic N) is 2. The van der Waals surface area contributed by atoms with Gasteiger partial charge in [-0.05, 0) is 18.2 Å². The van der Waals surface area contributed by atoms with E-state index in [1.54, 1.807) is 0 Å². The third-order valence-corrected chi connectivity index (χ3v) is 2.47. The molecule has 7 heteroatoms. The standard InChI is InChI=1S/C12H9ClFN3O2/c1-19-9-4-7(2-3-8(9)14)12(18)17-11-6-15-10(13)5-16-11/h2-6H,1H3,(H,16,17,18). The first-order valence-electron chi connectivity index (χ1n) is 5.22. The molecule has 1 N–H and O–H groups in total. The monoisotopic (exact) mass is 281 g/mol. The van der Waals surface area contributed by atoms with Gasteiger partial charge in [-0.3, -0.25) is 4.79 Å². The lowest BCUT2D eigenvalue weighted by Gasteiger charge is -2.06. The molecule has 1 aromatic carbocycles. The van der Waals surface area contributed by atoms with Crippen molar-refractivity contribution in [1.29, 1.82) is 0 Å². The van der Waals surface area contributed by atoms with Crippen molar-refractivity contribution in [3.8, 4) is 5.75 Å². The number of anilines is 1. The number of halogens is 2. The number of nitrogens with one attached hydrogen (secondary N) is 1. The highest BCUT2D eigenvalue weighted by Gasteiger charge is 2.11. The van der Waals surface area contributed by atoms with Crippen LogP contribution in [0.2, 0.25) is 5.15 Å². The van der Waals surface area contributed by atoms with Crippen LogP contribution in [0.1, 0.15) is 10.4 Å². The number of hydrogen-bond acceptors (Lipinski definition) is 4. The first kappa shape index (κ1) is 13.2. The van der Waals surface area contributed by atoms with Crippen LogP contribution in [-0.2, 0) is 0 Å². The summed E-state index contributed by atoms with van der Waals surface area (Å²) in [6.07, 6.45) is 2.63.